The van der Waals surface area contributed by atoms with E-state index >= 15 is 0 Å². The molecule has 178 valence electrons. The number of ketones is 1. The molecule has 0 aromatic carbocycles. The topological polar surface area (TPSA) is 69.7 Å². The van der Waals surface area contributed by atoms with Crippen LogP contribution in [0.1, 0.15) is 86.0 Å². The van der Waals surface area contributed by atoms with Gasteiger partial charge in [-0.25, -0.2) is 0 Å². The van der Waals surface area contributed by atoms with Crippen LogP contribution in [0.4, 0.5) is 0 Å². The Labute approximate surface area is 192 Å². The maximum atomic E-state index is 12.8. The molecule has 3 saturated carbocycles. The molecule has 0 aromatic heterocycles. The first-order chi connectivity index (χ1) is 15.1. The van der Waals surface area contributed by atoms with Gasteiger partial charge in [-0.05, 0) is 86.9 Å². The van der Waals surface area contributed by atoms with Gasteiger partial charge in [-0.15, -0.1) is 0 Å². The number of ether oxygens (including phenoxy) is 2. The van der Waals surface area contributed by atoms with Gasteiger partial charge < -0.3 is 9.47 Å². The minimum absolute atomic E-state index is 0.0137. The monoisotopic (exact) mass is 444 g/mol. The number of hydrogen-bond acceptors (Lipinski definition) is 5. The third-order valence-electron chi connectivity index (χ3n) is 9.74. The fourth-order valence-electron chi connectivity index (χ4n) is 8.57. The highest BCUT2D eigenvalue weighted by Crippen LogP contribution is 2.67. The van der Waals surface area contributed by atoms with Crippen LogP contribution in [-0.4, -0.2) is 30.4 Å². The Hall–Kier alpha value is -1.65. The molecule has 0 saturated heterocycles. The molecule has 0 N–H and O–H groups in total. The number of hydrogen-bond donors (Lipinski definition) is 0. The summed E-state index contributed by atoms with van der Waals surface area (Å²) in [5.74, 6) is 1.57. The molecular weight excluding hydrogens is 404 g/mol. The van der Waals surface area contributed by atoms with Gasteiger partial charge in [0, 0.05) is 25.7 Å². The zero-order chi connectivity index (χ0) is 23.3. The Morgan fingerprint density at radius 2 is 1.84 bits per heavy atom. The summed E-state index contributed by atoms with van der Waals surface area (Å²) in [4.78, 5) is 36.6. The molecule has 0 aliphatic heterocycles. The van der Waals surface area contributed by atoms with Crippen LogP contribution in [0.15, 0.2) is 11.6 Å². The normalized spacial score (nSPS) is 42.7. The molecule has 32 heavy (non-hydrogen) atoms. The van der Waals surface area contributed by atoms with E-state index in [1.54, 1.807) is 6.92 Å². The van der Waals surface area contributed by atoms with Crippen molar-refractivity contribution in [2.45, 2.75) is 92.1 Å². The lowest BCUT2D eigenvalue weighted by Crippen LogP contribution is -2.51. The van der Waals surface area contributed by atoms with Crippen LogP contribution in [0, 0.1) is 40.4 Å². The lowest BCUT2D eigenvalue weighted by molar-refractivity contribution is -0.149. The van der Waals surface area contributed by atoms with Crippen molar-refractivity contribution in [1.29, 1.82) is 0 Å². The van der Waals surface area contributed by atoms with E-state index in [1.807, 2.05) is 6.92 Å². The van der Waals surface area contributed by atoms with Crippen molar-refractivity contribution in [2.24, 2.45) is 40.4 Å². The third-order valence-corrected chi connectivity index (χ3v) is 9.74. The third kappa shape index (κ3) is 3.84. The van der Waals surface area contributed by atoms with Crippen LogP contribution in [-0.2, 0) is 23.9 Å². The molecule has 0 bridgehead atoms. The zero-order valence-corrected chi connectivity index (χ0v) is 20.4. The zero-order valence-electron chi connectivity index (χ0n) is 20.4. The summed E-state index contributed by atoms with van der Waals surface area (Å²) in [6, 6.07) is 0. The van der Waals surface area contributed by atoms with Gasteiger partial charge in [0.1, 0.15) is 11.9 Å². The van der Waals surface area contributed by atoms with Crippen molar-refractivity contribution in [1.82, 2.24) is 0 Å². The molecule has 0 radical (unpaired) electrons. The smallest absolute Gasteiger partial charge is 0.306 e. The lowest BCUT2D eigenvalue weighted by Gasteiger charge is -2.58. The molecule has 4 rings (SSSR count). The van der Waals surface area contributed by atoms with Gasteiger partial charge in [0.25, 0.3) is 0 Å². The van der Waals surface area contributed by atoms with Gasteiger partial charge in [-0.1, -0.05) is 25.5 Å². The fraction of sp³-hybridized carbons (Fsp3) is 0.815. The van der Waals surface area contributed by atoms with Crippen molar-refractivity contribution in [3.05, 3.63) is 11.6 Å². The number of esters is 2. The summed E-state index contributed by atoms with van der Waals surface area (Å²) in [7, 11) is 0. The standard InChI is InChI=1S/C27H40O5/c1-6-31-24(30)14-18-13-23-21-8-7-19-15-20(32-17(3)29)9-11-26(19,4)22(21)10-12-27(23,5)25(18)16(2)28/h7,18,20-23,25H,6,8-15H2,1-5H3/t18-,20?,21?,22?,23?,25-,26?,27?/m0/s1. The summed E-state index contributed by atoms with van der Waals surface area (Å²) in [5.41, 5.74) is 1.61. The number of carbonyl (C=O) groups excluding carboxylic acids is 3. The maximum absolute atomic E-state index is 12.8. The molecule has 3 fully saturated rings. The molecule has 0 aromatic rings. The van der Waals surface area contributed by atoms with E-state index in [0.717, 1.165) is 44.9 Å². The molecular formula is C27H40O5. The second-order valence-corrected chi connectivity index (χ2v) is 11.4. The van der Waals surface area contributed by atoms with Crippen LogP contribution in [0.25, 0.3) is 0 Å². The first-order valence-corrected chi connectivity index (χ1v) is 12.6. The SMILES string of the molecule is CCOC(=O)C[C@@H]1CC2C3CC=C4CC(OC(C)=O)CCC4(C)C3CCC2(C)[C@H]1C(C)=O. The van der Waals surface area contributed by atoms with Crippen LogP contribution in [0.3, 0.4) is 0 Å². The van der Waals surface area contributed by atoms with Crippen molar-refractivity contribution in [3.8, 4) is 0 Å². The van der Waals surface area contributed by atoms with Crippen molar-refractivity contribution in [2.75, 3.05) is 6.61 Å². The van der Waals surface area contributed by atoms with E-state index in [4.69, 9.17) is 9.47 Å². The number of rotatable bonds is 5. The summed E-state index contributed by atoms with van der Waals surface area (Å²) in [6.45, 7) is 10.2. The summed E-state index contributed by atoms with van der Waals surface area (Å²) < 4.78 is 10.8. The first-order valence-electron chi connectivity index (χ1n) is 12.6. The van der Waals surface area contributed by atoms with Gasteiger partial charge in [0.05, 0.1) is 6.61 Å². The van der Waals surface area contributed by atoms with Crippen LogP contribution in [0.5, 0.6) is 0 Å². The predicted octanol–water partition coefficient (Wildman–Crippen LogP) is 5.27. The molecule has 4 aliphatic carbocycles. The van der Waals surface area contributed by atoms with Gasteiger partial charge in [-0.3, -0.25) is 14.4 Å². The van der Waals surface area contributed by atoms with Crippen LogP contribution < -0.4 is 0 Å². The summed E-state index contributed by atoms with van der Waals surface area (Å²) in [6.07, 6.45) is 9.86. The number of carbonyl (C=O) groups is 3. The second-order valence-electron chi connectivity index (χ2n) is 11.4. The van der Waals surface area contributed by atoms with Gasteiger partial charge in [-0.2, -0.15) is 0 Å². The molecule has 0 heterocycles. The summed E-state index contributed by atoms with van der Waals surface area (Å²) >= 11 is 0. The van der Waals surface area contributed by atoms with Gasteiger partial charge in [0.2, 0.25) is 0 Å². The van der Waals surface area contributed by atoms with Gasteiger partial charge >= 0.3 is 11.9 Å². The quantitative estimate of drug-likeness (QED) is 0.427. The molecule has 0 spiro atoms. The molecule has 4 aliphatic rings. The predicted molar refractivity (Wildman–Crippen MR) is 122 cm³/mol. The highest BCUT2D eigenvalue weighted by Gasteiger charge is 2.62. The Balaban J connectivity index is 1.59. The highest BCUT2D eigenvalue weighted by molar-refractivity contribution is 5.81. The largest absolute Gasteiger partial charge is 0.466 e. The Morgan fingerprint density at radius 3 is 2.50 bits per heavy atom. The number of Topliss-reactive ketones (excluding diaryl/α,β-unsaturated/α-hetero) is 1. The van der Waals surface area contributed by atoms with E-state index in [9.17, 15) is 14.4 Å². The Bertz CT molecular complexity index is 815. The Kier molecular flexibility index (Phi) is 6.32. The number of allylic oxidation sites excluding steroid dienone is 1. The average molecular weight is 445 g/mol. The van der Waals surface area contributed by atoms with E-state index in [0.29, 0.717) is 30.8 Å². The molecule has 5 heteroatoms. The van der Waals surface area contributed by atoms with Gasteiger partial charge in [0.15, 0.2) is 0 Å². The fourth-order valence-corrected chi connectivity index (χ4v) is 8.57. The number of fused-ring (bicyclic) bond motifs is 5. The van der Waals surface area contributed by atoms with E-state index < -0.39 is 0 Å². The molecule has 0 amide bonds. The molecule has 8 atom stereocenters. The van der Waals surface area contributed by atoms with Crippen LogP contribution in [0.2, 0.25) is 0 Å². The highest BCUT2D eigenvalue weighted by atomic mass is 16.5. The average Bonchev–Trinajstić information content (AvgIpc) is 2.99. The van der Waals surface area contributed by atoms with E-state index in [2.05, 4.69) is 19.9 Å². The van der Waals surface area contributed by atoms with Crippen LogP contribution >= 0.6 is 0 Å². The Morgan fingerprint density at radius 1 is 1.09 bits per heavy atom. The molecule has 6 unspecified atom stereocenters. The lowest BCUT2D eigenvalue weighted by atomic mass is 9.47. The van der Waals surface area contributed by atoms with Crippen molar-refractivity contribution in [3.63, 3.8) is 0 Å². The summed E-state index contributed by atoms with van der Waals surface area (Å²) in [5, 5.41) is 0. The van der Waals surface area contributed by atoms with Crippen molar-refractivity contribution >= 4 is 17.7 Å². The maximum Gasteiger partial charge on any atom is 0.306 e. The minimum Gasteiger partial charge on any atom is -0.466 e. The first kappa shape index (κ1) is 23.5. The minimum atomic E-state index is -0.185. The van der Waals surface area contributed by atoms with E-state index in [-0.39, 0.29) is 46.5 Å². The second kappa shape index (κ2) is 8.61. The van der Waals surface area contributed by atoms with Crippen molar-refractivity contribution < 1.29 is 23.9 Å². The molecule has 5 nitrogen and oxygen atoms in total. The van der Waals surface area contributed by atoms with E-state index in [1.165, 1.54) is 12.5 Å².